The Morgan fingerprint density at radius 3 is 2.45 bits per heavy atom. The highest BCUT2D eigenvalue weighted by molar-refractivity contribution is 9.10. The number of hydrogen-bond acceptors (Lipinski definition) is 3. The molecule has 0 aromatic heterocycles. The van der Waals surface area contributed by atoms with Crippen LogP contribution in [-0.4, -0.2) is 35.1 Å². The van der Waals surface area contributed by atoms with Crippen molar-refractivity contribution >= 4 is 62.7 Å². The summed E-state index contributed by atoms with van der Waals surface area (Å²) in [6.07, 6.45) is 0. The van der Waals surface area contributed by atoms with E-state index in [0.717, 1.165) is 15.6 Å². The Bertz CT molecular complexity index is 911. The molecule has 0 unspecified atom stereocenters. The summed E-state index contributed by atoms with van der Waals surface area (Å²) in [7, 11) is 0. The molecule has 0 aliphatic carbocycles. The molecule has 0 saturated carbocycles. The van der Waals surface area contributed by atoms with Gasteiger partial charge in [0.05, 0.1) is 15.8 Å². The second-order valence-corrected chi connectivity index (χ2v) is 10.4. The van der Waals surface area contributed by atoms with Gasteiger partial charge in [0, 0.05) is 23.3 Å². The molecule has 0 saturated heterocycles. The first-order chi connectivity index (χ1) is 14.7. The standard InChI is InChI=1S/C23H27BrCl2N2O2S/c1-15(2)11-27-23(30)16(3)28(12-17-5-4-6-19(24)9-17)22(29)14-31-13-18-7-8-20(25)21(26)10-18/h4-10,15-16H,11-14H2,1-3H3,(H,27,30)/t16-/m0/s1. The van der Waals surface area contributed by atoms with Crippen LogP contribution in [0.4, 0.5) is 0 Å². The van der Waals surface area contributed by atoms with Gasteiger partial charge in [-0.2, -0.15) is 0 Å². The lowest BCUT2D eigenvalue weighted by Crippen LogP contribution is -2.48. The summed E-state index contributed by atoms with van der Waals surface area (Å²) in [6.45, 7) is 6.79. The van der Waals surface area contributed by atoms with Crippen molar-refractivity contribution in [3.8, 4) is 0 Å². The van der Waals surface area contributed by atoms with Gasteiger partial charge in [0.15, 0.2) is 0 Å². The maximum atomic E-state index is 13.1. The van der Waals surface area contributed by atoms with Gasteiger partial charge in [0.25, 0.3) is 0 Å². The minimum atomic E-state index is -0.573. The molecule has 2 aromatic rings. The van der Waals surface area contributed by atoms with E-state index >= 15 is 0 Å². The minimum absolute atomic E-state index is 0.0859. The lowest BCUT2D eigenvalue weighted by molar-refractivity contribution is -0.138. The number of benzene rings is 2. The fourth-order valence-corrected chi connectivity index (χ4v) is 4.46. The first-order valence-corrected chi connectivity index (χ1v) is 12.7. The lowest BCUT2D eigenvalue weighted by Gasteiger charge is -2.29. The van der Waals surface area contributed by atoms with Crippen LogP contribution in [0.15, 0.2) is 46.9 Å². The van der Waals surface area contributed by atoms with Crippen molar-refractivity contribution in [1.82, 2.24) is 10.2 Å². The van der Waals surface area contributed by atoms with Crippen LogP contribution in [0, 0.1) is 5.92 Å². The van der Waals surface area contributed by atoms with Crippen LogP contribution in [0.3, 0.4) is 0 Å². The van der Waals surface area contributed by atoms with Crippen molar-refractivity contribution in [3.05, 3.63) is 68.1 Å². The molecule has 1 atom stereocenters. The number of nitrogens with one attached hydrogen (secondary N) is 1. The second-order valence-electron chi connectivity index (χ2n) is 7.71. The number of rotatable bonds is 10. The topological polar surface area (TPSA) is 49.4 Å². The van der Waals surface area contributed by atoms with E-state index < -0.39 is 6.04 Å². The van der Waals surface area contributed by atoms with Crippen molar-refractivity contribution in [2.75, 3.05) is 12.3 Å². The van der Waals surface area contributed by atoms with Crippen molar-refractivity contribution in [2.24, 2.45) is 5.92 Å². The highest BCUT2D eigenvalue weighted by atomic mass is 79.9. The maximum Gasteiger partial charge on any atom is 0.242 e. The maximum absolute atomic E-state index is 13.1. The Hall–Kier alpha value is -1.21. The van der Waals surface area contributed by atoms with Crippen molar-refractivity contribution in [3.63, 3.8) is 0 Å². The quantitative estimate of drug-likeness (QED) is 0.388. The Labute approximate surface area is 207 Å². The Morgan fingerprint density at radius 1 is 1.06 bits per heavy atom. The molecule has 0 bridgehead atoms. The highest BCUT2D eigenvalue weighted by Gasteiger charge is 2.26. The normalized spacial score (nSPS) is 12.0. The van der Waals surface area contributed by atoms with Crippen LogP contribution >= 0.6 is 50.9 Å². The van der Waals surface area contributed by atoms with Gasteiger partial charge in [-0.3, -0.25) is 9.59 Å². The van der Waals surface area contributed by atoms with Crippen LogP contribution in [0.1, 0.15) is 31.9 Å². The Morgan fingerprint density at radius 2 is 1.81 bits per heavy atom. The van der Waals surface area contributed by atoms with Gasteiger partial charge in [0.1, 0.15) is 6.04 Å². The molecule has 0 spiro atoms. The molecule has 8 heteroatoms. The molecule has 1 N–H and O–H groups in total. The molecule has 2 amide bonds. The summed E-state index contributed by atoms with van der Waals surface area (Å²) in [5, 5.41) is 3.94. The van der Waals surface area contributed by atoms with Gasteiger partial charge in [-0.15, -0.1) is 11.8 Å². The Balaban J connectivity index is 2.07. The molecule has 2 aromatic carbocycles. The number of carbonyl (C=O) groups is 2. The number of thioether (sulfide) groups is 1. The number of nitrogens with zero attached hydrogens (tertiary/aromatic N) is 1. The third-order valence-electron chi connectivity index (χ3n) is 4.57. The summed E-state index contributed by atoms with van der Waals surface area (Å²) >= 11 is 17.0. The van der Waals surface area contributed by atoms with Gasteiger partial charge >= 0.3 is 0 Å². The number of halogens is 3. The summed E-state index contributed by atoms with van der Waals surface area (Å²) in [6, 6.07) is 12.6. The van der Waals surface area contributed by atoms with Crippen molar-refractivity contribution < 1.29 is 9.59 Å². The van der Waals surface area contributed by atoms with Gasteiger partial charge < -0.3 is 10.2 Å². The van der Waals surface area contributed by atoms with E-state index in [-0.39, 0.29) is 17.6 Å². The summed E-state index contributed by atoms with van der Waals surface area (Å²) in [5.74, 6) is 0.994. The average molecular weight is 546 g/mol. The molecule has 0 fully saturated rings. The molecule has 0 aliphatic rings. The van der Waals surface area contributed by atoms with Crippen molar-refractivity contribution in [1.29, 1.82) is 0 Å². The van der Waals surface area contributed by atoms with Gasteiger partial charge in [0.2, 0.25) is 11.8 Å². The molecule has 0 heterocycles. The number of hydrogen-bond donors (Lipinski definition) is 1. The van der Waals surface area contributed by atoms with Crippen LogP contribution < -0.4 is 5.32 Å². The molecular weight excluding hydrogens is 519 g/mol. The van der Waals surface area contributed by atoms with Crippen LogP contribution in [0.5, 0.6) is 0 Å². The first kappa shape index (κ1) is 26.0. The smallest absolute Gasteiger partial charge is 0.242 e. The monoisotopic (exact) mass is 544 g/mol. The van der Waals surface area contributed by atoms with Crippen LogP contribution in [-0.2, 0) is 21.9 Å². The molecular formula is C23H27BrCl2N2O2S. The van der Waals surface area contributed by atoms with E-state index in [4.69, 9.17) is 23.2 Å². The zero-order valence-corrected chi connectivity index (χ0v) is 21.7. The summed E-state index contributed by atoms with van der Waals surface area (Å²) < 4.78 is 0.934. The minimum Gasteiger partial charge on any atom is -0.354 e. The zero-order chi connectivity index (χ0) is 23.0. The third kappa shape index (κ3) is 8.68. The first-order valence-electron chi connectivity index (χ1n) is 10.0. The Kier molecular flexibility index (Phi) is 10.7. The fourth-order valence-electron chi connectivity index (χ4n) is 2.84. The van der Waals surface area contributed by atoms with E-state index in [1.807, 2.05) is 50.2 Å². The van der Waals surface area contributed by atoms with E-state index in [9.17, 15) is 9.59 Å². The molecule has 0 aliphatic heterocycles. The molecule has 0 radical (unpaired) electrons. The van der Waals surface area contributed by atoms with E-state index in [1.54, 1.807) is 17.9 Å². The average Bonchev–Trinajstić information content (AvgIpc) is 2.72. The lowest BCUT2D eigenvalue weighted by atomic mass is 10.1. The predicted octanol–water partition coefficient (Wildman–Crippen LogP) is 6.18. The molecule has 4 nitrogen and oxygen atoms in total. The molecule has 31 heavy (non-hydrogen) atoms. The number of carbonyl (C=O) groups excluding carboxylic acids is 2. The summed E-state index contributed by atoms with van der Waals surface area (Å²) in [4.78, 5) is 27.4. The fraction of sp³-hybridized carbons (Fsp3) is 0.391. The predicted molar refractivity (Wildman–Crippen MR) is 135 cm³/mol. The zero-order valence-electron chi connectivity index (χ0n) is 17.8. The SMILES string of the molecule is CC(C)CNC(=O)[C@H](C)N(Cc1cccc(Br)c1)C(=O)CSCc1ccc(Cl)c(Cl)c1. The largest absolute Gasteiger partial charge is 0.354 e. The van der Waals surface area contributed by atoms with Gasteiger partial charge in [-0.05, 0) is 48.2 Å². The van der Waals surface area contributed by atoms with E-state index in [1.165, 1.54) is 11.8 Å². The molecule has 168 valence electrons. The third-order valence-corrected chi connectivity index (χ3v) is 6.79. The highest BCUT2D eigenvalue weighted by Crippen LogP contribution is 2.25. The second kappa shape index (κ2) is 12.7. The van der Waals surface area contributed by atoms with Gasteiger partial charge in [-0.1, -0.05) is 71.2 Å². The number of amides is 2. The summed E-state index contributed by atoms with van der Waals surface area (Å²) in [5.41, 5.74) is 1.95. The van der Waals surface area contributed by atoms with Crippen LogP contribution in [0.2, 0.25) is 10.0 Å². The van der Waals surface area contributed by atoms with E-state index in [0.29, 0.717) is 34.8 Å². The van der Waals surface area contributed by atoms with Gasteiger partial charge in [-0.25, -0.2) is 0 Å². The van der Waals surface area contributed by atoms with Crippen LogP contribution in [0.25, 0.3) is 0 Å². The van der Waals surface area contributed by atoms with E-state index in [2.05, 4.69) is 21.2 Å². The van der Waals surface area contributed by atoms with Crippen molar-refractivity contribution in [2.45, 2.75) is 39.1 Å². The molecule has 2 rings (SSSR count).